The molecule has 5 heteroatoms. The van der Waals surface area contributed by atoms with Crippen molar-refractivity contribution in [3.8, 4) is 0 Å². The van der Waals surface area contributed by atoms with Gasteiger partial charge in [0.05, 0.1) is 12.6 Å². The molecule has 1 saturated carbocycles. The highest BCUT2D eigenvalue weighted by Crippen LogP contribution is 2.28. The van der Waals surface area contributed by atoms with Crippen LogP contribution in [0.3, 0.4) is 0 Å². The Morgan fingerprint density at radius 2 is 1.84 bits per heavy atom. The maximum absolute atomic E-state index is 13.1. The van der Waals surface area contributed by atoms with E-state index in [4.69, 9.17) is 0 Å². The lowest BCUT2D eigenvalue weighted by molar-refractivity contribution is -0.123. The molecule has 25 heavy (non-hydrogen) atoms. The number of carbonyl (C=O) groups is 1. The summed E-state index contributed by atoms with van der Waals surface area (Å²) in [6.45, 7) is 3.02. The molecule has 132 valence electrons. The van der Waals surface area contributed by atoms with E-state index in [-0.39, 0.29) is 17.8 Å². The molecule has 1 aliphatic carbocycles. The molecule has 1 fully saturated rings. The van der Waals surface area contributed by atoms with E-state index in [0.717, 1.165) is 28.4 Å². The van der Waals surface area contributed by atoms with Crippen molar-refractivity contribution < 1.29 is 9.18 Å². The predicted molar refractivity (Wildman–Crippen MR) is 101 cm³/mol. The number of hydrogen-bond donors (Lipinski definition) is 1. The molecule has 1 N–H and O–H groups in total. The van der Waals surface area contributed by atoms with Crippen LogP contribution in [0.15, 0.2) is 53.0 Å². The molecule has 0 saturated heterocycles. The predicted octanol–water partition coefficient (Wildman–Crippen LogP) is 4.43. The molecular formula is C20H22BrFN2O. The maximum Gasteiger partial charge on any atom is 0.234 e. The van der Waals surface area contributed by atoms with E-state index in [0.29, 0.717) is 19.1 Å². The van der Waals surface area contributed by atoms with Gasteiger partial charge in [-0.3, -0.25) is 9.69 Å². The van der Waals surface area contributed by atoms with Crippen molar-refractivity contribution >= 4 is 21.8 Å². The van der Waals surface area contributed by atoms with E-state index in [2.05, 4.69) is 26.1 Å². The zero-order valence-corrected chi connectivity index (χ0v) is 15.8. The average molecular weight is 405 g/mol. The fourth-order valence-electron chi connectivity index (χ4n) is 2.88. The second-order valence-corrected chi connectivity index (χ2v) is 7.52. The second-order valence-electron chi connectivity index (χ2n) is 6.60. The summed E-state index contributed by atoms with van der Waals surface area (Å²) < 4.78 is 14.1. The van der Waals surface area contributed by atoms with Crippen LogP contribution in [0.2, 0.25) is 0 Å². The molecule has 0 bridgehead atoms. The molecule has 0 heterocycles. The molecule has 0 spiro atoms. The number of nitrogens with zero attached hydrogens (tertiary/aromatic N) is 1. The summed E-state index contributed by atoms with van der Waals surface area (Å²) in [5.74, 6) is -0.216. The Hall–Kier alpha value is -1.72. The Kier molecular flexibility index (Phi) is 5.86. The summed E-state index contributed by atoms with van der Waals surface area (Å²) >= 11 is 3.42. The van der Waals surface area contributed by atoms with Gasteiger partial charge >= 0.3 is 0 Å². The van der Waals surface area contributed by atoms with Gasteiger partial charge in [0, 0.05) is 17.1 Å². The van der Waals surface area contributed by atoms with Crippen molar-refractivity contribution in [2.45, 2.75) is 38.4 Å². The van der Waals surface area contributed by atoms with Crippen LogP contribution in [0, 0.1) is 5.82 Å². The van der Waals surface area contributed by atoms with Crippen LogP contribution in [0.5, 0.6) is 0 Å². The number of amides is 1. The first kappa shape index (κ1) is 18.1. The van der Waals surface area contributed by atoms with E-state index >= 15 is 0 Å². The normalized spacial score (nSPS) is 15.2. The molecule has 0 radical (unpaired) electrons. The van der Waals surface area contributed by atoms with Crippen LogP contribution in [-0.4, -0.2) is 23.4 Å². The minimum Gasteiger partial charge on any atom is -0.348 e. The van der Waals surface area contributed by atoms with E-state index < -0.39 is 0 Å². The summed E-state index contributed by atoms with van der Waals surface area (Å²) in [4.78, 5) is 14.6. The molecule has 1 amide bonds. The molecule has 2 aromatic carbocycles. The van der Waals surface area contributed by atoms with Gasteiger partial charge in [-0.15, -0.1) is 0 Å². The van der Waals surface area contributed by atoms with Crippen LogP contribution in [0.4, 0.5) is 4.39 Å². The van der Waals surface area contributed by atoms with Gasteiger partial charge in [0.15, 0.2) is 0 Å². The van der Waals surface area contributed by atoms with Crippen molar-refractivity contribution in [2.75, 3.05) is 6.54 Å². The third-order valence-electron chi connectivity index (χ3n) is 4.46. The summed E-state index contributed by atoms with van der Waals surface area (Å²) in [5, 5.41) is 3.07. The molecule has 3 nitrogen and oxygen atoms in total. The minimum absolute atomic E-state index is 0.0180. The quantitative estimate of drug-likeness (QED) is 0.739. The standard InChI is InChI=1S/C20H22BrFN2O/c1-14(16-4-6-17(21)7-5-16)23-20(25)13-24(19-10-11-19)12-15-2-8-18(22)9-3-15/h2-9,14,19H,10-13H2,1H3,(H,23,25)/t14-/m1/s1. The van der Waals surface area contributed by atoms with E-state index in [9.17, 15) is 9.18 Å². The molecule has 2 aromatic rings. The summed E-state index contributed by atoms with van der Waals surface area (Å²) in [5.41, 5.74) is 2.11. The fraction of sp³-hybridized carbons (Fsp3) is 0.350. The monoisotopic (exact) mass is 404 g/mol. The van der Waals surface area contributed by atoms with Gasteiger partial charge in [0.1, 0.15) is 5.82 Å². The number of benzene rings is 2. The Labute approximate surface area is 156 Å². The van der Waals surface area contributed by atoms with Gasteiger partial charge in [-0.05, 0) is 55.2 Å². The van der Waals surface area contributed by atoms with E-state index in [1.807, 2.05) is 31.2 Å². The molecule has 0 aliphatic heterocycles. The average Bonchev–Trinajstić information content (AvgIpc) is 3.41. The van der Waals surface area contributed by atoms with Crippen LogP contribution in [0.1, 0.15) is 36.9 Å². The van der Waals surface area contributed by atoms with Gasteiger partial charge in [0.2, 0.25) is 5.91 Å². The van der Waals surface area contributed by atoms with Gasteiger partial charge in [-0.25, -0.2) is 4.39 Å². The Balaban J connectivity index is 1.57. The van der Waals surface area contributed by atoms with Crippen LogP contribution in [-0.2, 0) is 11.3 Å². The maximum atomic E-state index is 13.1. The largest absolute Gasteiger partial charge is 0.348 e. The first-order chi connectivity index (χ1) is 12.0. The summed E-state index contributed by atoms with van der Waals surface area (Å²) in [7, 11) is 0. The number of nitrogens with one attached hydrogen (secondary N) is 1. The lowest BCUT2D eigenvalue weighted by Crippen LogP contribution is -2.39. The van der Waals surface area contributed by atoms with Crippen LogP contribution in [0.25, 0.3) is 0 Å². The highest BCUT2D eigenvalue weighted by atomic mass is 79.9. The summed E-state index contributed by atoms with van der Waals surface area (Å²) in [6, 6.07) is 14.9. The van der Waals surface area contributed by atoms with Crippen molar-refractivity contribution in [2.24, 2.45) is 0 Å². The van der Waals surface area contributed by atoms with Crippen LogP contribution < -0.4 is 5.32 Å². The zero-order chi connectivity index (χ0) is 17.8. The summed E-state index contributed by atoms with van der Waals surface area (Å²) in [6.07, 6.45) is 2.24. The van der Waals surface area contributed by atoms with Gasteiger partial charge in [-0.1, -0.05) is 40.2 Å². The van der Waals surface area contributed by atoms with E-state index in [1.54, 1.807) is 12.1 Å². The SMILES string of the molecule is C[C@@H](NC(=O)CN(Cc1ccc(F)cc1)C1CC1)c1ccc(Br)cc1. The Morgan fingerprint density at radius 1 is 1.20 bits per heavy atom. The molecule has 1 atom stereocenters. The Bertz CT molecular complexity index is 713. The van der Waals surface area contributed by atoms with Crippen molar-refractivity contribution in [1.82, 2.24) is 10.2 Å². The second kappa shape index (κ2) is 8.11. The fourth-order valence-corrected chi connectivity index (χ4v) is 3.15. The number of carbonyl (C=O) groups excluding carboxylic acids is 1. The molecule has 0 aromatic heterocycles. The van der Waals surface area contributed by atoms with Gasteiger partial charge < -0.3 is 5.32 Å². The first-order valence-electron chi connectivity index (χ1n) is 8.54. The van der Waals surface area contributed by atoms with Gasteiger partial charge in [0.25, 0.3) is 0 Å². The lowest BCUT2D eigenvalue weighted by atomic mass is 10.1. The molecule has 1 aliphatic rings. The topological polar surface area (TPSA) is 32.3 Å². The third-order valence-corrected chi connectivity index (χ3v) is 4.99. The smallest absolute Gasteiger partial charge is 0.234 e. The number of rotatable bonds is 7. The number of halogens is 2. The van der Waals surface area contributed by atoms with Crippen molar-refractivity contribution in [3.05, 3.63) is 69.9 Å². The zero-order valence-electron chi connectivity index (χ0n) is 14.2. The van der Waals surface area contributed by atoms with Crippen molar-refractivity contribution in [1.29, 1.82) is 0 Å². The van der Waals surface area contributed by atoms with Crippen molar-refractivity contribution in [3.63, 3.8) is 0 Å². The Morgan fingerprint density at radius 3 is 2.44 bits per heavy atom. The number of hydrogen-bond acceptors (Lipinski definition) is 2. The third kappa shape index (κ3) is 5.38. The molecule has 3 rings (SSSR count). The highest BCUT2D eigenvalue weighted by Gasteiger charge is 2.30. The molecule has 0 unspecified atom stereocenters. The van der Waals surface area contributed by atoms with E-state index in [1.165, 1.54) is 12.1 Å². The first-order valence-corrected chi connectivity index (χ1v) is 9.34. The van der Waals surface area contributed by atoms with Crippen LogP contribution >= 0.6 is 15.9 Å². The molecular weight excluding hydrogens is 383 g/mol. The minimum atomic E-state index is -0.234. The van der Waals surface area contributed by atoms with Gasteiger partial charge in [-0.2, -0.15) is 0 Å². The highest BCUT2D eigenvalue weighted by molar-refractivity contribution is 9.10. The lowest BCUT2D eigenvalue weighted by Gasteiger charge is -2.23.